The lowest BCUT2D eigenvalue weighted by atomic mass is 9.82. The fourth-order valence-corrected chi connectivity index (χ4v) is 7.66. The molecule has 0 aliphatic carbocycles. The minimum atomic E-state index is -1.47. The number of hydrogen-bond acceptors (Lipinski definition) is 15. The third-order valence-electron chi connectivity index (χ3n) is 10.5. The largest absolute Gasteiger partial charge is 0.462 e. The number of methoxy groups -OCH3 is 1. The molecule has 0 saturated carbocycles. The summed E-state index contributed by atoms with van der Waals surface area (Å²) in [4.78, 5) is 39.0. The highest BCUT2D eigenvalue weighted by Gasteiger charge is 2.52. The molecule has 15 heteroatoms. The van der Waals surface area contributed by atoms with Crippen LogP contribution in [0.5, 0.6) is 0 Å². The van der Waals surface area contributed by atoms with Crippen molar-refractivity contribution >= 4 is 18.2 Å². The maximum atomic E-state index is 12.9. The van der Waals surface area contributed by atoms with Gasteiger partial charge >= 0.3 is 11.9 Å². The van der Waals surface area contributed by atoms with Crippen molar-refractivity contribution in [1.29, 1.82) is 0 Å². The van der Waals surface area contributed by atoms with Gasteiger partial charge in [0.05, 0.1) is 43.0 Å². The highest BCUT2D eigenvalue weighted by Crippen LogP contribution is 2.37. The first-order valence-corrected chi connectivity index (χ1v) is 19.2. The molecule has 16 atom stereocenters. The van der Waals surface area contributed by atoms with Crippen LogP contribution in [0, 0.1) is 11.8 Å². The number of rotatable bonds is 11. The van der Waals surface area contributed by atoms with Crippen LogP contribution in [0.4, 0.5) is 0 Å². The number of ether oxygens (including phenoxy) is 7. The second-order valence-corrected chi connectivity index (χ2v) is 15.5. The number of carbonyl (C=O) groups is 3. The lowest BCUT2D eigenvalue weighted by Crippen LogP contribution is -2.66. The van der Waals surface area contributed by atoms with E-state index in [0.717, 1.165) is 6.29 Å². The molecule has 2 saturated heterocycles. The summed E-state index contributed by atoms with van der Waals surface area (Å²) in [5.74, 6) is -2.11. The van der Waals surface area contributed by atoms with Crippen molar-refractivity contribution < 1.29 is 68.0 Å². The Balaban J connectivity index is 1.91. The summed E-state index contributed by atoms with van der Waals surface area (Å²) in [5.41, 5.74) is -1.47. The van der Waals surface area contributed by atoms with Crippen LogP contribution in [-0.4, -0.2) is 150 Å². The molecule has 310 valence electrons. The van der Waals surface area contributed by atoms with Gasteiger partial charge in [0.25, 0.3) is 0 Å². The second kappa shape index (κ2) is 21.3. The van der Waals surface area contributed by atoms with Crippen molar-refractivity contribution in [2.24, 2.45) is 11.8 Å². The van der Waals surface area contributed by atoms with Crippen molar-refractivity contribution in [2.45, 2.75) is 172 Å². The van der Waals surface area contributed by atoms with Gasteiger partial charge in [-0.1, -0.05) is 38.2 Å². The number of aldehydes is 1. The maximum absolute atomic E-state index is 12.9. The first-order chi connectivity index (χ1) is 25.4. The summed E-state index contributed by atoms with van der Waals surface area (Å²) in [5, 5.41) is 45.7. The summed E-state index contributed by atoms with van der Waals surface area (Å²) >= 11 is 0. The summed E-state index contributed by atoms with van der Waals surface area (Å²) in [7, 11) is 4.86. The predicted octanol–water partition coefficient (Wildman–Crippen LogP) is 2.20. The first kappa shape index (κ1) is 46.1. The Morgan fingerprint density at radius 3 is 2.35 bits per heavy atom. The summed E-state index contributed by atoms with van der Waals surface area (Å²) in [6, 6.07) is -0.750. The molecule has 0 spiro atoms. The average Bonchev–Trinajstić information content (AvgIpc) is 3.07. The van der Waals surface area contributed by atoms with E-state index in [9.17, 15) is 34.8 Å². The number of carbonyl (C=O) groups excluding carboxylic acids is 3. The highest BCUT2D eigenvalue weighted by atomic mass is 16.7. The van der Waals surface area contributed by atoms with E-state index in [4.69, 9.17) is 33.2 Å². The van der Waals surface area contributed by atoms with Gasteiger partial charge in [-0.25, -0.2) is 0 Å². The molecule has 3 heterocycles. The fourth-order valence-electron chi connectivity index (χ4n) is 7.66. The summed E-state index contributed by atoms with van der Waals surface area (Å²) in [6.45, 7) is 10.4. The average molecular weight is 772 g/mol. The van der Waals surface area contributed by atoms with E-state index in [-0.39, 0.29) is 31.6 Å². The van der Waals surface area contributed by atoms with Crippen LogP contribution >= 0.6 is 0 Å². The number of allylic oxidation sites excluding steroid dienone is 2. The molecule has 3 aliphatic heterocycles. The van der Waals surface area contributed by atoms with Crippen LogP contribution in [0.2, 0.25) is 0 Å². The summed E-state index contributed by atoms with van der Waals surface area (Å²) < 4.78 is 42.2. The zero-order valence-corrected chi connectivity index (χ0v) is 33.3. The van der Waals surface area contributed by atoms with Crippen LogP contribution in [0.25, 0.3) is 0 Å². The normalized spacial score (nSPS) is 42.9. The molecule has 2 fully saturated rings. The Morgan fingerprint density at radius 1 is 1.04 bits per heavy atom. The zero-order chi connectivity index (χ0) is 40.3. The van der Waals surface area contributed by atoms with E-state index in [2.05, 4.69) is 0 Å². The van der Waals surface area contributed by atoms with Gasteiger partial charge in [-0.15, -0.1) is 0 Å². The van der Waals surface area contributed by atoms with E-state index < -0.39 is 110 Å². The quantitative estimate of drug-likeness (QED) is 0.176. The van der Waals surface area contributed by atoms with Gasteiger partial charge < -0.3 is 63.3 Å². The molecule has 1 unspecified atom stereocenters. The number of hydrogen-bond donors (Lipinski definition) is 4. The summed E-state index contributed by atoms with van der Waals surface area (Å²) in [6.07, 6.45) is -3.26. The van der Waals surface area contributed by atoms with Crippen molar-refractivity contribution in [1.82, 2.24) is 4.90 Å². The topological polar surface area (TPSA) is 200 Å². The Kier molecular flexibility index (Phi) is 18.2. The number of esters is 2. The predicted molar refractivity (Wildman–Crippen MR) is 196 cm³/mol. The minimum Gasteiger partial charge on any atom is -0.462 e. The molecule has 0 aromatic heterocycles. The molecule has 15 nitrogen and oxygen atoms in total. The van der Waals surface area contributed by atoms with E-state index in [1.165, 1.54) is 7.11 Å². The van der Waals surface area contributed by atoms with E-state index in [1.807, 2.05) is 19.9 Å². The number of cyclic esters (lactones) is 1. The molecule has 3 rings (SSSR count). The number of aliphatic hydroxyl groups is 4. The van der Waals surface area contributed by atoms with Crippen molar-refractivity contribution in [2.75, 3.05) is 21.2 Å². The van der Waals surface area contributed by atoms with E-state index >= 15 is 0 Å². The van der Waals surface area contributed by atoms with Gasteiger partial charge in [0.1, 0.15) is 36.3 Å². The lowest BCUT2D eigenvalue weighted by Gasteiger charge is -2.50. The fraction of sp³-hybridized carbons (Fsp3) is 0.821. The molecule has 0 aromatic carbocycles. The Hall–Kier alpha value is -2.31. The molecule has 0 radical (unpaired) electrons. The minimum absolute atomic E-state index is 0.0274. The monoisotopic (exact) mass is 771 g/mol. The molecule has 0 bridgehead atoms. The van der Waals surface area contributed by atoms with E-state index in [1.54, 1.807) is 64.9 Å². The standard InChI is InChI=1S/C39H65NO14/c1-10-14-29(44)52-37-25(5)50-31(21-39(37,6)47)53-34-24(4)51-38(33(46)32(34)40(7)8)54-35-26(17-18-41)19-22(2)27(42)16-13-11-12-15-23(3)49-30(45)20-28(43)36(35)48-9/h11-13,16,18,22-28,31-38,42-43,46-47H,10,14-15,17,19-21H2,1-9H3/b12-11-,16-13+/t22-,23-,24-,25+,26+,27+,28-,31+,32-,33-,34-,35+,36?,37+,38+,39-/m1/s1. The molecule has 54 heavy (non-hydrogen) atoms. The molecular formula is C39H65NO14. The van der Waals surface area contributed by atoms with Crippen LogP contribution in [0.3, 0.4) is 0 Å². The van der Waals surface area contributed by atoms with E-state index in [0.29, 0.717) is 12.8 Å². The smallest absolute Gasteiger partial charge is 0.308 e. The maximum Gasteiger partial charge on any atom is 0.308 e. The van der Waals surface area contributed by atoms with Crippen LogP contribution in [0.15, 0.2) is 24.3 Å². The van der Waals surface area contributed by atoms with Gasteiger partial charge in [0.15, 0.2) is 18.7 Å². The van der Waals surface area contributed by atoms with Gasteiger partial charge in [-0.3, -0.25) is 9.59 Å². The third kappa shape index (κ3) is 12.6. The van der Waals surface area contributed by atoms with Gasteiger partial charge in [-0.05, 0) is 66.5 Å². The van der Waals surface area contributed by atoms with Gasteiger partial charge in [0.2, 0.25) is 0 Å². The van der Waals surface area contributed by atoms with Crippen LogP contribution in [-0.2, 0) is 47.5 Å². The number of aliphatic hydroxyl groups excluding tert-OH is 3. The number of nitrogens with zero attached hydrogens (tertiary/aromatic N) is 1. The molecular weight excluding hydrogens is 706 g/mol. The van der Waals surface area contributed by atoms with Crippen molar-refractivity contribution in [3.05, 3.63) is 24.3 Å². The third-order valence-corrected chi connectivity index (χ3v) is 10.5. The Bertz CT molecular complexity index is 1240. The molecule has 3 aliphatic rings. The van der Waals surface area contributed by atoms with Gasteiger partial charge in [0, 0.05) is 32.8 Å². The van der Waals surface area contributed by atoms with Crippen LogP contribution in [0.1, 0.15) is 86.5 Å². The SMILES string of the molecule is CCCC(=O)O[C@H]1[C@H](C)O[C@@H](O[C@H]2[C@H](N(C)C)[C@@H](O)[C@H](O[C@@H]3C(OC)[C@H](O)CC(=O)O[C@H](C)C/C=C\C=C\[C@H](O)[C@H](C)C[C@@H]3CC=O)O[C@@H]2C)C[C@@]1(C)O. The Labute approximate surface area is 319 Å². The molecule has 4 N–H and O–H groups in total. The van der Waals surface area contributed by atoms with Crippen LogP contribution < -0.4 is 0 Å². The zero-order valence-electron chi connectivity index (χ0n) is 33.3. The van der Waals surface area contributed by atoms with Crippen molar-refractivity contribution in [3.8, 4) is 0 Å². The molecule has 0 amide bonds. The second-order valence-electron chi connectivity index (χ2n) is 15.5. The van der Waals surface area contributed by atoms with Crippen molar-refractivity contribution in [3.63, 3.8) is 0 Å². The van der Waals surface area contributed by atoms with Gasteiger partial charge in [-0.2, -0.15) is 0 Å². The first-order valence-electron chi connectivity index (χ1n) is 19.2. The highest BCUT2D eigenvalue weighted by molar-refractivity contribution is 5.70. The number of likely N-dealkylation sites (N-methyl/N-ethyl adjacent to an activating group) is 1. The molecule has 0 aromatic rings. The lowest BCUT2D eigenvalue weighted by molar-refractivity contribution is -0.344. The Morgan fingerprint density at radius 2 is 1.74 bits per heavy atom.